The van der Waals surface area contributed by atoms with E-state index < -0.39 is 0 Å². The zero-order valence-corrected chi connectivity index (χ0v) is 16.0. The third-order valence-corrected chi connectivity index (χ3v) is 5.13. The van der Waals surface area contributed by atoms with Gasteiger partial charge in [-0.2, -0.15) is 10.2 Å². The Kier molecular flexibility index (Phi) is 6.13. The number of hydrogen-bond acceptors (Lipinski definition) is 4. The maximum Gasteiger partial charge on any atom is 0.121 e. The van der Waals surface area contributed by atoms with Crippen molar-refractivity contribution in [1.29, 1.82) is 0 Å². The van der Waals surface area contributed by atoms with Gasteiger partial charge in [0.15, 0.2) is 0 Å². The van der Waals surface area contributed by atoms with Crippen LogP contribution in [0.2, 0.25) is 5.02 Å². The first-order valence-corrected chi connectivity index (χ1v) is 9.42. The summed E-state index contributed by atoms with van der Waals surface area (Å²) in [6, 6.07) is 10.2. The third kappa shape index (κ3) is 4.75. The molecule has 0 radical (unpaired) electrons. The van der Waals surface area contributed by atoms with Crippen molar-refractivity contribution in [1.82, 2.24) is 15.5 Å². The van der Waals surface area contributed by atoms with Gasteiger partial charge in [-0.05, 0) is 63.8 Å². The Morgan fingerprint density at radius 2 is 1.96 bits per heavy atom. The summed E-state index contributed by atoms with van der Waals surface area (Å²) in [7, 11) is 0. The van der Waals surface area contributed by atoms with Gasteiger partial charge >= 0.3 is 0 Å². The van der Waals surface area contributed by atoms with Crippen molar-refractivity contribution in [3.8, 4) is 18.1 Å². The summed E-state index contributed by atoms with van der Waals surface area (Å²) in [4.78, 5) is 0. The minimum Gasteiger partial charge on any atom is -0.490 e. The molecule has 1 aromatic carbocycles. The zero-order valence-electron chi connectivity index (χ0n) is 15.2. The number of rotatable bonds is 5. The Labute approximate surface area is 160 Å². The van der Waals surface area contributed by atoms with E-state index in [1.165, 1.54) is 0 Å². The van der Waals surface area contributed by atoms with E-state index in [-0.39, 0.29) is 12.1 Å². The lowest BCUT2D eigenvalue weighted by Crippen LogP contribution is -2.37. The second kappa shape index (κ2) is 8.53. The Bertz CT molecular complexity index is 777. The van der Waals surface area contributed by atoms with Crippen LogP contribution in [0.4, 0.5) is 0 Å². The minimum atomic E-state index is 0.195. The second-order valence-corrected chi connectivity index (χ2v) is 7.27. The van der Waals surface area contributed by atoms with Gasteiger partial charge in [0.2, 0.25) is 0 Å². The maximum atomic E-state index is 6.15. The molecule has 1 aliphatic rings. The van der Waals surface area contributed by atoms with Crippen LogP contribution in [0.5, 0.6) is 5.75 Å². The number of terminal acetylenes is 1. The Morgan fingerprint density at radius 1 is 1.19 bits per heavy atom. The molecule has 2 aromatic rings. The largest absolute Gasteiger partial charge is 0.490 e. The summed E-state index contributed by atoms with van der Waals surface area (Å²) in [5.41, 5.74) is 2.62. The number of nitrogens with one attached hydrogen (secondary N) is 1. The number of aromatic nitrogens is 2. The van der Waals surface area contributed by atoms with E-state index in [9.17, 15) is 0 Å². The lowest BCUT2D eigenvalue weighted by atomic mass is 9.92. The fraction of sp³-hybridized carbons (Fsp3) is 0.429. The first-order valence-electron chi connectivity index (χ1n) is 9.04. The summed E-state index contributed by atoms with van der Waals surface area (Å²) in [6.07, 6.45) is 9.79. The van der Waals surface area contributed by atoms with Gasteiger partial charge in [-0.25, -0.2) is 0 Å². The molecule has 1 heterocycles. The monoisotopic (exact) mass is 369 g/mol. The van der Waals surface area contributed by atoms with Crippen molar-refractivity contribution in [2.45, 2.75) is 57.7 Å². The van der Waals surface area contributed by atoms with Crippen LogP contribution in [0.15, 0.2) is 30.3 Å². The van der Waals surface area contributed by atoms with Gasteiger partial charge in [-0.1, -0.05) is 17.5 Å². The highest BCUT2D eigenvalue weighted by Gasteiger charge is 2.24. The summed E-state index contributed by atoms with van der Waals surface area (Å²) >= 11 is 6.15. The number of ether oxygens (including phenoxy) is 1. The molecule has 3 rings (SSSR count). The van der Waals surface area contributed by atoms with Crippen molar-refractivity contribution < 1.29 is 4.74 Å². The molecule has 0 aliphatic heterocycles. The number of benzene rings is 1. The quantitative estimate of drug-likeness (QED) is 0.790. The smallest absolute Gasteiger partial charge is 0.121 e. The van der Waals surface area contributed by atoms with Crippen molar-refractivity contribution >= 4 is 11.6 Å². The molecule has 1 N–H and O–H groups in total. The van der Waals surface area contributed by atoms with Crippen molar-refractivity contribution in [3.05, 3.63) is 52.3 Å². The lowest BCUT2D eigenvalue weighted by Gasteiger charge is -2.31. The molecular formula is C21H24ClN3O. The Balaban J connectivity index is 1.49. The number of halogens is 1. The fourth-order valence-corrected chi connectivity index (χ4v) is 3.53. The van der Waals surface area contributed by atoms with Crippen LogP contribution in [0.3, 0.4) is 0 Å². The van der Waals surface area contributed by atoms with Crippen molar-refractivity contribution in [3.63, 3.8) is 0 Å². The van der Waals surface area contributed by atoms with Gasteiger partial charge in [0.25, 0.3) is 0 Å². The number of nitrogens with zero attached hydrogens (tertiary/aromatic N) is 2. The van der Waals surface area contributed by atoms with Crippen LogP contribution in [-0.2, 0) is 0 Å². The highest BCUT2D eigenvalue weighted by atomic mass is 35.5. The average molecular weight is 370 g/mol. The normalized spacial score (nSPS) is 21.0. The molecule has 0 bridgehead atoms. The van der Waals surface area contributed by atoms with Gasteiger partial charge in [-0.15, -0.1) is 6.42 Å². The molecule has 1 fully saturated rings. The molecule has 0 saturated heterocycles. The highest BCUT2D eigenvalue weighted by molar-refractivity contribution is 6.31. The van der Waals surface area contributed by atoms with Crippen LogP contribution in [0, 0.1) is 19.3 Å². The van der Waals surface area contributed by atoms with Crippen LogP contribution in [0.25, 0.3) is 0 Å². The maximum absolute atomic E-state index is 6.15. The molecule has 1 saturated carbocycles. The molecule has 0 spiro atoms. The average Bonchev–Trinajstić information content (AvgIpc) is 2.64. The molecule has 4 nitrogen and oxygen atoms in total. The van der Waals surface area contributed by atoms with Crippen LogP contribution in [-0.4, -0.2) is 22.3 Å². The van der Waals surface area contributed by atoms with E-state index in [4.69, 9.17) is 22.8 Å². The van der Waals surface area contributed by atoms with Gasteiger partial charge < -0.3 is 10.1 Å². The Hall–Kier alpha value is -2.09. The van der Waals surface area contributed by atoms with E-state index in [1.807, 2.05) is 31.2 Å². The molecule has 26 heavy (non-hydrogen) atoms. The third-order valence-electron chi connectivity index (χ3n) is 4.82. The summed E-state index contributed by atoms with van der Waals surface area (Å²) in [5, 5.41) is 12.6. The molecule has 136 valence electrons. The molecule has 1 aliphatic carbocycles. The van der Waals surface area contributed by atoms with Crippen molar-refractivity contribution in [2.75, 3.05) is 0 Å². The molecule has 1 atom stereocenters. The van der Waals surface area contributed by atoms with Crippen molar-refractivity contribution in [2.24, 2.45) is 0 Å². The van der Waals surface area contributed by atoms with E-state index in [0.717, 1.165) is 42.8 Å². The molecule has 1 unspecified atom stereocenters. The van der Waals surface area contributed by atoms with Gasteiger partial charge in [0, 0.05) is 23.7 Å². The predicted molar refractivity (Wildman–Crippen MR) is 104 cm³/mol. The van der Waals surface area contributed by atoms with Gasteiger partial charge in [0.05, 0.1) is 22.5 Å². The standard InChI is InChI=1S/C21H24ClN3O/c1-4-16-6-9-19(13-20(16)22)26-18-10-7-17(8-11-18)23-15(3)21-12-5-14(2)24-25-21/h1,5-6,9,12-13,15,17-18,23H,7-8,10-11H2,2-3H3. The van der Waals surface area contributed by atoms with Crippen LogP contribution in [0.1, 0.15) is 55.6 Å². The predicted octanol–water partition coefficient (Wildman–Crippen LogP) is 4.46. The Morgan fingerprint density at radius 3 is 2.58 bits per heavy atom. The zero-order chi connectivity index (χ0) is 18.5. The summed E-state index contributed by atoms with van der Waals surface area (Å²) in [6.45, 7) is 4.08. The van der Waals surface area contributed by atoms with Gasteiger partial charge in [-0.3, -0.25) is 0 Å². The van der Waals surface area contributed by atoms with E-state index in [1.54, 1.807) is 6.07 Å². The first kappa shape index (κ1) is 18.7. The summed E-state index contributed by atoms with van der Waals surface area (Å²) < 4.78 is 6.08. The fourth-order valence-electron chi connectivity index (χ4n) is 3.31. The molecule has 5 heteroatoms. The highest BCUT2D eigenvalue weighted by Crippen LogP contribution is 2.28. The topological polar surface area (TPSA) is 47.0 Å². The lowest BCUT2D eigenvalue weighted by molar-refractivity contribution is 0.137. The summed E-state index contributed by atoms with van der Waals surface area (Å²) in [5.74, 6) is 3.35. The van der Waals surface area contributed by atoms with Crippen LogP contribution >= 0.6 is 11.6 Å². The molecule has 1 aromatic heterocycles. The van der Waals surface area contributed by atoms with Crippen LogP contribution < -0.4 is 10.1 Å². The number of aryl methyl sites for hydroxylation is 1. The van der Waals surface area contributed by atoms with E-state index >= 15 is 0 Å². The van der Waals surface area contributed by atoms with E-state index in [0.29, 0.717) is 16.6 Å². The minimum absolute atomic E-state index is 0.195. The van der Waals surface area contributed by atoms with Gasteiger partial charge in [0.1, 0.15) is 5.75 Å². The number of hydrogen-bond donors (Lipinski definition) is 1. The molecule has 0 amide bonds. The van der Waals surface area contributed by atoms with E-state index in [2.05, 4.69) is 28.4 Å². The molecular weight excluding hydrogens is 346 g/mol. The SMILES string of the molecule is C#Cc1ccc(OC2CCC(NC(C)c3ccc(C)nn3)CC2)cc1Cl. The second-order valence-electron chi connectivity index (χ2n) is 6.87. The first-order chi connectivity index (χ1) is 12.5.